The van der Waals surface area contributed by atoms with Crippen molar-refractivity contribution >= 4 is 16.9 Å². The van der Waals surface area contributed by atoms with Gasteiger partial charge in [0.2, 0.25) is 0 Å². The lowest BCUT2D eigenvalue weighted by Crippen LogP contribution is -2.40. The number of amides is 1. The fourth-order valence-corrected chi connectivity index (χ4v) is 3.68. The summed E-state index contributed by atoms with van der Waals surface area (Å²) in [7, 11) is 0. The lowest BCUT2D eigenvalue weighted by Gasteiger charge is -2.32. The van der Waals surface area contributed by atoms with E-state index in [1.807, 2.05) is 42.5 Å². The molecule has 27 heavy (non-hydrogen) atoms. The maximum absolute atomic E-state index is 13.1. The monoisotopic (exact) mass is 359 g/mol. The largest absolute Gasteiger partial charge is 0.329 e. The van der Waals surface area contributed by atoms with Crippen molar-refractivity contribution in [1.82, 2.24) is 35.1 Å². The van der Waals surface area contributed by atoms with Crippen molar-refractivity contribution in [3.63, 3.8) is 0 Å². The molecule has 1 atom stereocenters. The molecule has 0 saturated carbocycles. The van der Waals surface area contributed by atoms with Crippen LogP contribution in [0.2, 0.25) is 0 Å². The Labute approximate surface area is 154 Å². The summed E-state index contributed by atoms with van der Waals surface area (Å²) in [5.74, 6) is 1.55. The highest BCUT2D eigenvalue weighted by atomic mass is 16.2. The van der Waals surface area contributed by atoms with E-state index in [-0.39, 0.29) is 11.9 Å². The van der Waals surface area contributed by atoms with Crippen molar-refractivity contribution in [3.8, 4) is 11.4 Å². The zero-order chi connectivity index (χ0) is 18.4. The average molecular weight is 359 g/mol. The molecule has 0 aliphatic carbocycles. The van der Waals surface area contributed by atoms with Crippen LogP contribution in [0.1, 0.15) is 29.1 Å². The Balaban J connectivity index is 1.50. The number of nitrogens with zero attached hydrogens (tertiary/aromatic N) is 6. The van der Waals surface area contributed by atoms with Crippen LogP contribution in [0.15, 0.2) is 48.5 Å². The molecule has 134 valence electrons. The third-order valence-electron chi connectivity index (χ3n) is 4.92. The fourth-order valence-electron chi connectivity index (χ4n) is 3.68. The van der Waals surface area contributed by atoms with Gasteiger partial charge in [-0.3, -0.25) is 4.79 Å². The van der Waals surface area contributed by atoms with Gasteiger partial charge in [-0.25, -0.2) is 0 Å². The molecule has 1 aliphatic heterocycles. The van der Waals surface area contributed by atoms with Crippen molar-refractivity contribution < 1.29 is 4.79 Å². The Kier molecular flexibility index (Phi) is 3.49. The summed E-state index contributed by atoms with van der Waals surface area (Å²) in [6.45, 7) is 3.07. The molecule has 1 N–H and O–H groups in total. The van der Waals surface area contributed by atoms with Crippen LogP contribution in [0, 0.1) is 0 Å². The Morgan fingerprint density at radius 1 is 1.07 bits per heavy atom. The first kappa shape index (κ1) is 15.7. The first-order valence-electron chi connectivity index (χ1n) is 8.80. The average Bonchev–Trinajstić information content (AvgIpc) is 3.35. The molecular formula is C19H17N7O. The summed E-state index contributed by atoms with van der Waals surface area (Å²) in [5, 5.41) is 19.5. The van der Waals surface area contributed by atoms with Crippen molar-refractivity contribution in [2.45, 2.75) is 19.5 Å². The minimum atomic E-state index is -0.0724. The van der Waals surface area contributed by atoms with Gasteiger partial charge in [0.05, 0.1) is 18.2 Å². The number of carbonyl (C=O) groups is 1. The molecule has 0 fully saturated rings. The normalized spacial score (nSPS) is 16.5. The van der Waals surface area contributed by atoms with Gasteiger partial charge in [-0.1, -0.05) is 36.4 Å². The van der Waals surface area contributed by atoms with Gasteiger partial charge in [-0.2, -0.15) is 15.4 Å². The van der Waals surface area contributed by atoms with E-state index >= 15 is 0 Å². The predicted octanol–water partition coefficient (Wildman–Crippen LogP) is 2.43. The molecule has 1 aliphatic rings. The lowest BCUT2D eigenvalue weighted by atomic mass is 10.1. The van der Waals surface area contributed by atoms with Crippen molar-refractivity contribution in [2.75, 3.05) is 6.54 Å². The van der Waals surface area contributed by atoms with Crippen molar-refractivity contribution in [2.24, 2.45) is 0 Å². The van der Waals surface area contributed by atoms with Gasteiger partial charge >= 0.3 is 0 Å². The molecule has 2 aromatic heterocycles. The highest BCUT2D eigenvalue weighted by molar-refractivity contribution is 6.04. The number of hydrogen-bond acceptors (Lipinski definition) is 5. The van der Waals surface area contributed by atoms with E-state index < -0.39 is 0 Å². The number of H-pyrrole nitrogens is 1. The zero-order valence-electron chi connectivity index (χ0n) is 14.7. The van der Waals surface area contributed by atoms with E-state index in [9.17, 15) is 4.79 Å². The molecule has 2 aromatic carbocycles. The smallest absolute Gasteiger partial charge is 0.256 e. The molecular weight excluding hydrogens is 342 g/mol. The Hall–Kier alpha value is -3.55. The van der Waals surface area contributed by atoms with E-state index in [0.29, 0.717) is 29.7 Å². The Morgan fingerprint density at radius 2 is 1.93 bits per heavy atom. The number of aromatic nitrogens is 6. The predicted molar refractivity (Wildman–Crippen MR) is 98.8 cm³/mol. The van der Waals surface area contributed by atoms with Crippen molar-refractivity contribution in [3.05, 3.63) is 59.9 Å². The maximum atomic E-state index is 13.1. The SMILES string of the molecule is C[C@H]1CN(C(=O)c2cccc3n[nH]nc23)Cc2nnc(-c3ccccc3)n21. The molecule has 0 bridgehead atoms. The molecule has 0 radical (unpaired) electrons. The third-order valence-corrected chi connectivity index (χ3v) is 4.92. The summed E-state index contributed by atoms with van der Waals surface area (Å²) < 4.78 is 2.12. The van der Waals surface area contributed by atoms with E-state index in [0.717, 1.165) is 17.2 Å². The number of para-hydroxylation sites is 1. The molecule has 4 aromatic rings. The standard InChI is InChI=1S/C19H17N7O/c1-12-10-25(19(27)14-8-5-9-15-17(14)22-24-20-15)11-16-21-23-18(26(12)16)13-6-3-2-4-7-13/h2-9,12H,10-11H2,1H3,(H,20,22,24)/t12-/m0/s1. The number of benzene rings is 2. The van der Waals surface area contributed by atoms with Gasteiger partial charge in [0, 0.05) is 12.1 Å². The number of aromatic amines is 1. The van der Waals surface area contributed by atoms with Gasteiger partial charge in [0.15, 0.2) is 11.6 Å². The number of hydrogen-bond donors (Lipinski definition) is 1. The van der Waals surface area contributed by atoms with Gasteiger partial charge in [-0.15, -0.1) is 10.2 Å². The molecule has 0 saturated heterocycles. The summed E-state index contributed by atoms with van der Waals surface area (Å²) >= 11 is 0. The summed E-state index contributed by atoms with van der Waals surface area (Å²) in [6.07, 6.45) is 0. The van der Waals surface area contributed by atoms with Gasteiger partial charge in [-0.05, 0) is 19.1 Å². The van der Waals surface area contributed by atoms with E-state index in [1.54, 1.807) is 11.0 Å². The van der Waals surface area contributed by atoms with Crippen LogP contribution >= 0.6 is 0 Å². The minimum absolute atomic E-state index is 0.0689. The first-order valence-corrected chi connectivity index (χ1v) is 8.80. The Morgan fingerprint density at radius 3 is 2.78 bits per heavy atom. The van der Waals surface area contributed by atoms with Crippen LogP contribution in [0.4, 0.5) is 0 Å². The zero-order valence-corrected chi connectivity index (χ0v) is 14.7. The molecule has 8 heteroatoms. The fraction of sp³-hybridized carbons (Fsp3) is 0.211. The van der Waals surface area contributed by atoms with Gasteiger partial charge < -0.3 is 9.47 Å². The summed E-state index contributed by atoms with van der Waals surface area (Å²) in [4.78, 5) is 14.9. The molecule has 1 amide bonds. The highest BCUT2D eigenvalue weighted by Gasteiger charge is 2.31. The van der Waals surface area contributed by atoms with Crippen molar-refractivity contribution in [1.29, 1.82) is 0 Å². The molecule has 0 unspecified atom stereocenters. The summed E-state index contributed by atoms with van der Waals surface area (Å²) in [6, 6.07) is 15.5. The van der Waals surface area contributed by atoms with Crippen LogP contribution in [-0.2, 0) is 6.54 Å². The number of carbonyl (C=O) groups excluding carboxylic acids is 1. The van der Waals surface area contributed by atoms with Gasteiger partial charge in [0.25, 0.3) is 5.91 Å². The third kappa shape index (κ3) is 2.49. The molecule has 8 nitrogen and oxygen atoms in total. The second-order valence-electron chi connectivity index (χ2n) is 6.71. The van der Waals surface area contributed by atoms with Crippen LogP contribution in [0.3, 0.4) is 0 Å². The van der Waals surface area contributed by atoms with Gasteiger partial charge in [0.1, 0.15) is 11.0 Å². The van der Waals surface area contributed by atoms with E-state index in [2.05, 4.69) is 37.1 Å². The number of rotatable bonds is 2. The van der Waals surface area contributed by atoms with Crippen LogP contribution in [-0.4, -0.2) is 47.5 Å². The van der Waals surface area contributed by atoms with E-state index in [1.165, 1.54) is 0 Å². The Bertz CT molecular complexity index is 1130. The molecule has 0 spiro atoms. The summed E-state index contributed by atoms with van der Waals surface area (Å²) in [5.41, 5.74) is 2.84. The quantitative estimate of drug-likeness (QED) is 0.593. The second-order valence-corrected chi connectivity index (χ2v) is 6.71. The topological polar surface area (TPSA) is 92.6 Å². The number of fused-ring (bicyclic) bond motifs is 2. The van der Waals surface area contributed by atoms with Crippen LogP contribution in [0.25, 0.3) is 22.4 Å². The lowest BCUT2D eigenvalue weighted by molar-refractivity contribution is 0.0684. The maximum Gasteiger partial charge on any atom is 0.256 e. The van der Waals surface area contributed by atoms with Crippen LogP contribution < -0.4 is 0 Å². The second kappa shape index (κ2) is 6.01. The van der Waals surface area contributed by atoms with Crippen LogP contribution in [0.5, 0.6) is 0 Å². The van der Waals surface area contributed by atoms with E-state index in [4.69, 9.17) is 0 Å². The highest BCUT2D eigenvalue weighted by Crippen LogP contribution is 2.28. The minimum Gasteiger partial charge on any atom is -0.329 e. The molecule has 5 rings (SSSR count). The number of nitrogens with one attached hydrogen (secondary N) is 1. The first-order chi connectivity index (χ1) is 13.2. The molecule has 3 heterocycles.